The molecule has 9 heteroatoms. The molecular formula is C25H22N4O5. The average Bonchev–Trinajstić information content (AvgIpc) is 3.39. The molecule has 0 radical (unpaired) electrons. The SMILES string of the molecule is O=C(NC1CCN(C(=O)c2ccoc2)CC1)c1ccc2c(=O)n(-c3ccccc3)c(=O)[nH]c2c1. The van der Waals surface area contributed by atoms with Crippen LogP contribution < -0.4 is 16.6 Å². The van der Waals surface area contributed by atoms with E-state index in [2.05, 4.69) is 10.3 Å². The first kappa shape index (κ1) is 21.4. The lowest BCUT2D eigenvalue weighted by Crippen LogP contribution is -2.46. The van der Waals surface area contributed by atoms with Crippen LogP contribution in [-0.2, 0) is 0 Å². The zero-order chi connectivity index (χ0) is 23.7. The van der Waals surface area contributed by atoms with Crippen LogP contribution in [0.15, 0.2) is 81.1 Å². The monoisotopic (exact) mass is 458 g/mol. The largest absolute Gasteiger partial charge is 0.472 e. The van der Waals surface area contributed by atoms with E-state index in [1.54, 1.807) is 53.4 Å². The van der Waals surface area contributed by atoms with Gasteiger partial charge in [-0.05, 0) is 49.2 Å². The molecule has 1 aliphatic rings. The van der Waals surface area contributed by atoms with Crippen LogP contribution in [0.4, 0.5) is 0 Å². The molecule has 34 heavy (non-hydrogen) atoms. The molecule has 0 bridgehead atoms. The molecule has 0 atom stereocenters. The van der Waals surface area contributed by atoms with Gasteiger partial charge in [-0.1, -0.05) is 18.2 Å². The molecule has 1 saturated heterocycles. The van der Waals surface area contributed by atoms with Gasteiger partial charge in [0.1, 0.15) is 6.26 Å². The number of rotatable bonds is 4. The predicted molar refractivity (Wildman–Crippen MR) is 125 cm³/mol. The van der Waals surface area contributed by atoms with Crippen molar-refractivity contribution >= 4 is 22.7 Å². The molecular weight excluding hydrogens is 436 g/mol. The van der Waals surface area contributed by atoms with Crippen molar-refractivity contribution < 1.29 is 14.0 Å². The molecule has 0 spiro atoms. The van der Waals surface area contributed by atoms with Gasteiger partial charge < -0.3 is 19.6 Å². The fraction of sp³-hybridized carbons (Fsp3) is 0.200. The first-order chi connectivity index (χ1) is 16.5. The van der Waals surface area contributed by atoms with Crippen molar-refractivity contribution in [3.8, 4) is 5.69 Å². The molecule has 0 aliphatic carbocycles. The highest BCUT2D eigenvalue weighted by Crippen LogP contribution is 2.16. The van der Waals surface area contributed by atoms with Crippen LogP contribution in [0, 0.1) is 0 Å². The van der Waals surface area contributed by atoms with Crippen molar-refractivity contribution in [1.29, 1.82) is 0 Å². The zero-order valence-corrected chi connectivity index (χ0v) is 18.2. The van der Waals surface area contributed by atoms with Crippen molar-refractivity contribution in [3.63, 3.8) is 0 Å². The molecule has 1 aliphatic heterocycles. The number of carbonyl (C=O) groups is 2. The predicted octanol–water partition coefficient (Wildman–Crippen LogP) is 2.31. The molecule has 9 nitrogen and oxygen atoms in total. The lowest BCUT2D eigenvalue weighted by Gasteiger charge is -2.32. The van der Waals surface area contributed by atoms with Crippen LogP contribution in [-0.4, -0.2) is 45.4 Å². The summed E-state index contributed by atoms with van der Waals surface area (Å²) in [4.78, 5) is 55.2. The minimum atomic E-state index is -0.573. The van der Waals surface area contributed by atoms with Crippen molar-refractivity contribution in [2.45, 2.75) is 18.9 Å². The third kappa shape index (κ3) is 4.03. The van der Waals surface area contributed by atoms with E-state index in [1.807, 2.05) is 0 Å². The molecule has 2 aromatic heterocycles. The number of para-hydroxylation sites is 1. The summed E-state index contributed by atoms with van der Waals surface area (Å²) in [5.74, 6) is -0.382. The van der Waals surface area contributed by atoms with E-state index in [4.69, 9.17) is 4.42 Å². The van der Waals surface area contributed by atoms with Crippen molar-refractivity contribution in [2.24, 2.45) is 0 Å². The fourth-order valence-electron chi connectivity index (χ4n) is 4.24. The summed E-state index contributed by atoms with van der Waals surface area (Å²) < 4.78 is 6.05. The lowest BCUT2D eigenvalue weighted by atomic mass is 10.0. The lowest BCUT2D eigenvalue weighted by molar-refractivity contribution is 0.0697. The van der Waals surface area contributed by atoms with Crippen LogP contribution in [0.5, 0.6) is 0 Å². The van der Waals surface area contributed by atoms with Gasteiger partial charge in [-0.15, -0.1) is 0 Å². The zero-order valence-electron chi connectivity index (χ0n) is 18.2. The number of carbonyl (C=O) groups excluding carboxylic acids is 2. The first-order valence-electron chi connectivity index (χ1n) is 11.0. The highest BCUT2D eigenvalue weighted by molar-refractivity contribution is 5.98. The molecule has 2 aromatic carbocycles. The van der Waals surface area contributed by atoms with Crippen molar-refractivity contribution in [3.05, 3.63) is 99.1 Å². The van der Waals surface area contributed by atoms with Crippen molar-refractivity contribution in [1.82, 2.24) is 19.8 Å². The van der Waals surface area contributed by atoms with E-state index in [1.165, 1.54) is 18.6 Å². The Morgan fingerprint density at radius 2 is 1.74 bits per heavy atom. The molecule has 2 N–H and O–H groups in total. The Morgan fingerprint density at radius 1 is 0.971 bits per heavy atom. The minimum Gasteiger partial charge on any atom is -0.472 e. The van der Waals surface area contributed by atoms with Crippen LogP contribution >= 0.6 is 0 Å². The van der Waals surface area contributed by atoms with E-state index in [0.29, 0.717) is 53.6 Å². The number of nitrogens with one attached hydrogen (secondary N) is 2. The number of likely N-dealkylation sites (tertiary alicyclic amines) is 1. The van der Waals surface area contributed by atoms with Gasteiger partial charge in [0.2, 0.25) is 0 Å². The molecule has 4 aromatic rings. The van der Waals surface area contributed by atoms with E-state index in [0.717, 1.165) is 4.57 Å². The number of H-pyrrole nitrogens is 1. The Kier molecular flexibility index (Phi) is 5.59. The smallest absolute Gasteiger partial charge is 0.333 e. The van der Waals surface area contributed by atoms with E-state index >= 15 is 0 Å². The molecule has 0 saturated carbocycles. The standard InChI is InChI=1S/C25H22N4O5/c30-22(26-18-8-11-28(12-9-18)23(31)17-10-13-34-15-17)16-6-7-20-21(14-16)27-25(33)29(24(20)32)19-4-2-1-3-5-19/h1-7,10,13-15,18H,8-9,11-12H2,(H,26,30)(H,27,33). The van der Waals surface area contributed by atoms with Gasteiger partial charge in [0, 0.05) is 24.7 Å². The topological polar surface area (TPSA) is 117 Å². The normalized spacial score (nSPS) is 14.3. The van der Waals surface area contributed by atoms with Gasteiger partial charge in [0.25, 0.3) is 17.4 Å². The van der Waals surface area contributed by atoms with Gasteiger partial charge >= 0.3 is 5.69 Å². The van der Waals surface area contributed by atoms with Gasteiger partial charge in [0.05, 0.1) is 28.4 Å². The van der Waals surface area contributed by atoms with Gasteiger partial charge in [-0.25, -0.2) is 9.36 Å². The summed E-state index contributed by atoms with van der Waals surface area (Å²) >= 11 is 0. The van der Waals surface area contributed by atoms with Crippen LogP contribution in [0.25, 0.3) is 16.6 Å². The van der Waals surface area contributed by atoms with Crippen molar-refractivity contribution in [2.75, 3.05) is 13.1 Å². The van der Waals surface area contributed by atoms with Crippen LogP contribution in [0.3, 0.4) is 0 Å². The highest BCUT2D eigenvalue weighted by atomic mass is 16.3. The molecule has 172 valence electrons. The summed E-state index contributed by atoms with van der Waals surface area (Å²) in [5.41, 5.74) is 0.601. The average molecular weight is 458 g/mol. The molecule has 2 amide bonds. The number of hydrogen-bond donors (Lipinski definition) is 2. The Bertz CT molecular complexity index is 1460. The Morgan fingerprint density at radius 3 is 2.44 bits per heavy atom. The Labute approximate surface area is 193 Å². The molecule has 0 unspecified atom stereocenters. The summed E-state index contributed by atoms with van der Waals surface area (Å²) in [5, 5.41) is 3.30. The quantitative estimate of drug-likeness (QED) is 0.487. The second-order valence-electron chi connectivity index (χ2n) is 8.22. The number of fused-ring (bicyclic) bond motifs is 1. The number of aromatic amines is 1. The van der Waals surface area contributed by atoms with E-state index in [9.17, 15) is 19.2 Å². The van der Waals surface area contributed by atoms with E-state index < -0.39 is 11.2 Å². The van der Waals surface area contributed by atoms with Gasteiger partial charge in [-0.2, -0.15) is 0 Å². The summed E-state index contributed by atoms with van der Waals surface area (Å²) in [6.07, 6.45) is 4.14. The summed E-state index contributed by atoms with van der Waals surface area (Å²) in [7, 11) is 0. The van der Waals surface area contributed by atoms with Crippen LogP contribution in [0.1, 0.15) is 33.6 Å². The minimum absolute atomic E-state index is 0.0817. The maximum atomic E-state index is 12.9. The second kappa shape index (κ2) is 8.86. The van der Waals surface area contributed by atoms with Crippen LogP contribution in [0.2, 0.25) is 0 Å². The first-order valence-corrected chi connectivity index (χ1v) is 11.0. The number of amides is 2. The molecule has 1 fully saturated rings. The fourth-order valence-corrected chi connectivity index (χ4v) is 4.24. The number of piperidine rings is 1. The van der Waals surface area contributed by atoms with E-state index in [-0.39, 0.29) is 17.9 Å². The van der Waals surface area contributed by atoms with Gasteiger partial charge in [-0.3, -0.25) is 14.4 Å². The highest BCUT2D eigenvalue weighted by Gasteiger charge is 2.25. The maximum absolute atomic E-state index is 12.9. The number of aromatic nitrogens is 2. The number of hydrogen-bond acceptors (Lipinski definition) is 5. The molecule has 3 heterocycles. The number of benzene rings is 2. The Hall–Kier alpha value is -4.40. The third-order valence-corrected chi connectivity index (χ3v) is 6.06. The summed E-state index contributed by atoms with van der Waals surface area (Å²) in [6, 6.07) is 14.8. The second-order valence-corrected chi connectivity index (χ2v) is 8.22. The third-order valence-electron chi connectivity index (χ3n) is 6.06. The van der Waals surface area contributed by atoms with Gasteiger partial charge in [0.15, 0.2) is 0 Å². The maximum Gasteiger partial charge on any atom is 0.333 e. The summed E-state index contributed by atoms with van der Waals surface area (Å²) in [6.45, 7) is 1.05. The number of nitrogens with zero attached hydrogens (tertiary/aromatic N) is 2. The molecule has 5 rings (SSSR count). The number of furan rings is 1. The Balaban J connectivity index is 1.30.